The van der Waals surface area contributed by atoms with Crippen LogP contribution in [0.25, 0.3) is 0 Å². The van der Waals surface area contributed by atoms with Gasteiger partial charge in [-0.1, -0.05) is 13.0 Å². The van der Waals surface area contributed by atoms with Crippen molar-refractivity contribution in [2.45, 2.75) is 38.8 Å². The van der Waals surface area contributed by atoms with Crippen LogP contribution in [0.5, 0.6) is 0 Å². The second-order valence-electron chi connectivity index (χ2n) is 3.63. The second-order valence-corrected chi connectivity index (χ2v) is 3.63. The number of nitrogens with two attached hydrogens (primary N) is 1. The van der Waals surface area contributed by atoms with E-state index in [0.29, 0.717) is 0 Å². The van der Waals surface area contributed by atoms with E-state index >= 15 is 0 Å². The molecule has 0 bridgehead atoms. The maximum atomic E-state index is 6.09. The quantitative estimate of drug-likeness (QED) is 0.775. The van der Waals surface area contributed by atoms with E-state index in [0.717, 1.165) is 19.4 Å². The van der Waals surface area contributed by atoms with Gasteiger partial charge < -0.3 is 10.5 Å². The normalized spacial score (nSPS) is 14.9. The highest BCUT2D eigenvalue weighted by Gasteiger charge is 2.16. The van der Waals surface area contributed by atoms with Crippen LogP contribution in [0.15, 0.2) is 24.5 Å². The highest BCUT2D eigenvalue weighted by atomic mass is 16.5. The fraction of sp³-hybridized carbons (Fsp3) is 0.583. The number of aromatic nitrogens is 1. The third-order valence-electron chi connectivity index (χ3n) is 2.45. The molecule has 0 fully saturated rings. The van der Waals surface area contributed by atoms with Crippen molar-refractivity contribution in [3.63, 3.8) is 0 Å². The number of hydrogen-bond acceptors (Lipinski definition) is 3. The minimum atomic E-state index is 0.0548. The average Bonchev–Trinajstić information content (AvgIpc) is 2.27. The van der Waals surface area contributed by atoms with Crippen LogP contribution in [0.2, 0.25) is 0 Å². The maximum absolute atomic E-state index is 6.09. The SMILES string of the molecule is CCOC(CC)C(N)Cc1cccnc1. The zero-order valence-corrected chi connectivity index (χ0v) is 9.52. The van der Waals surface area contributed by atoms with E-state index in [1.807, 2.05) is 25.3 Å². The molecule has 2 N–H and O–H groups in total. The molecule has 2 unspecified atom stereocenters. The van der Waals surface area contributed by atoms with Crippen LogP contribution in [0.1, 0.15) is 25.8 Å². The first-order valence-corrected chi connectivity index (χ1v) is 5.54. The molecule has 1 rings (SSSR count). The molecule has 2 atom stereocenters. The Bertz CT molecular complexity index is 264. The van der Waals surface area contributed by atoms with Crippen molar-refractivity contribution in [3.8, 4) is 0 Å². The molecule has 1 aromatic rings. The van der Waals surface area contributed by atoms with Gasteiger partial charge >= 0.3 is 0 Å². The predicted molar refractivity (Wildman–Crippen MR) is 61.6 cm³/mol. The first-order chi connectivity index (χ1) is 7.27. The lowest BCUT2D eigenvalue weighted by atomic mass is 10.0. The van der Waals surface area contributed by atoms with E-state index in [2.05, 4.69) is 11.9 Å². The van der Waals surface area contributed by atoms with Gasteiger partial charge in [-0.25, -0.2) is 0 Å². The van der Waals surface area contributed by atoms with Gasteiger partial charge in [-0.2, -0.15) is 0 Å². The first kappa shape index (κ1) is 12.1. The third-order valence-corrected chi connectivity index (χ3v) is 2.45. The van der Waals surface area contributed by atoms with Gasteiger partial charge in [0, 0.05) is 25.0 Å². The molecule has 0 radical (unpaired) electrons. The van der Waals surface area contributed by atoms with Crippen molar-refractivity contribution < 1.29 is 4.74 Å². The number of hydrogen-bond donors (Lipinski definition) is 1. The Kier molecular flexibility index (Phi) is 5.29. The van der Waals surface area contributed by atoms with Crippen molar-refractivity contribution in [2.75, 3.05) is 6.61 Å². The summed E-state index contributed by atoms with van der Waals surface area (Å²) in [6, 6.07) is 4.04. The summed E-state index contributed by atoms with van der Waals surface area (Å²) in [6.45, 7) is 4.82. The molecular weight excluding hydrogens is 188 g/mol. The lowest BCUT2D eigenvalue weighted by Crippen LogP contribution is -2.38. The molecule has 0 aromatic carbocycles. The van der Waals surface area contributed by atoms with E-state index < -0.39 is 0 Å². The summed E-state index contributed by atoms with van der Waals surface area (Å²) in [6.07, 6.45) is 5.56. The summed E-state index contributed by atoms with van der Waals surface area (Å²) < 4.78 is 5.58. The van der Waals surface area contributed by atoms with Gasteiger partial charge in [-0.15, -0.1) is 0 Å². The topological polar surface area (TPSA) is 48.1 Å². The first-order valence-electron chi connectivity index (χ1n) is 5.54. The molecule has 0 aliphatic rings. The molecule has 84 valence electrons. The highest BCUT2D eigenvalue weighted by molar-refractivity contribution is 5.10. The summed E-state index contributed by atoms with van der Waals surface area (Å²) in [5, 5.41) is 0. The Hall–Kier alpha value is -0.930. The molecule has 15 heavy (non-hydrogen) atoms. The molecular formula is C12H20N2O. The van der Waals surface area contributed by atoms with Crippen LogP contribution in [-0.4, -0.2) is 23.7 Å². The van der Waals surface area contributed by atoms with Gasteiger partial charge in [0.2, 0.25) is 0 Å². The van der Waals surface area contributed by atoms with Crippen LogP contribution in [0, 0.1) is 0 Å². The van der Waals surface area contributed by atoms with Crippen molar-refractivity contribution in [3.05, 3.63) is 30.1 Å². The van der Waals surface area contributed by atoms with Gasteiger partial charge in [-0.05, 0) is 31.4 Å². The summed E-state index contributed by atoms with van der Waals surface area (Å²) in [5.74, 6) is 0. The predicted octanol–water partition coefficient (Wildman–Crippen LogP) is 1.77. The molecule has 1 heterocycles. The molecule has 1 aromatic heterocycles. The summed E-state index contributed by atoms with van der Waals surface area (Å²) in [5.41, 5.74) is 7.26. The van der Waals surface area contributed by atoms with Crippen molar-refractivity contribution in [1.29, 1.82) is 0 Å². The number of nitrogens with zero attached hydrogens (tertiary/aromatic N) is 1. The van der Waals surface area contributed by atoms with Crippen LogP contribution in [0.3, 0.4) is 0 Å². The summed E-state index contributed by atoms with van der Waals surface area (Å²) in [7, 11) is 0. The summed E-state index contributed by atoms with van der Waals surface area (Å²) >= 11 is 0. The molecule has 3 nitrogen and oxygen atoms in total. The fourth-order valence-corrected chi connectivity index (χ4v) is 1.68. The fourth-order valence-electron chi connectivity index (χ4n) is 1.68. The van der Waals surface area contributed by atoms with Crippen molar-refractivity contribution in [1.82, 2.24) is 4.98 Å². The summed E-state index contributed by atoms with van der Waals surface area (Å²) in [4.78, 5) is 4.07. The van der Waals surface area contributed by atoms with Crippen LogP contribution >= 0.6 is 0 Å². The van der Waals surface area contributed by atoms with Gasteiger partial charge in [0.05, 0.1) is 6.10 Å². The molecule has 3 heteroatoms. The Morgan fingerprint density at radius 3 is 2.80 bits per heavy atom. The van der Waals surface area contributed by atoms with Crippen LogP contribution in [-0.2, 0) is 11.2 Å². The van der Waals surface area contributed by atoms with E-state index in [4.69, 9.17) is 10.5 Å². The van der Waals surface area contributed by atoms with Gasteiger partial charge in [0.25, 0.3) is 0 Å². The van der Waals surface area contributed by atoms with E-state index in [1.54, 1.807) is 6.20 Å². The van der Waals surface area contributed by atoms with E-state index in [-0.39, 0.29) is 12.1 Å². The minimum Gasteiger partial charge on any atom is -0.377 e. The molecule has 0 spiro atoms. The van der Waals surface area contributed by atoms with Crippen LogP contribution < -0.4 is 5.73 Å². The molecule has 0 saturated carbocycles. The van der Waals surface area contributed by atoms with Gasteiger partial charge in [0.15, 0.2) is 0 Å². The number of ether oxygens (including phenoxy) is 1. The lowest BCUT2D eigenvalue weighted by molar-refractivity contribution is 0.0417. The standard InChI is InChI=1S/C12H20N2O/c1-3-12(15-4-2)11(13)8-10-6-5-7-14-9-10/h5-7,9,11-12H,3-4,8,13H2,1-2H3. The van der Waals surface area contributed by atoms with Gasteiger partial charge in [0.1, 0.15) is 0 Å². The zero-order valence-electron chi connectivity index (χ0n) is 9.52. The Balaban J connectivity index is 2.50. The van der Waals surface area contributed by atoms with Crippen molar-refractivity contribution >= 4 is 0 Å². The molecule has 0 saturated heterocycles. The van der Waals surface area contributed by atoms with Gasteiger partial charge in [-0.3, -0.25) is 4.98 Å². The van der Waals surface area contributed by atoms with E-state index in [9.17, 15) is 0 Å². The largest absolute Gasteiger partial charge is 0.377 e. The average molecular weight is 208 g/mol. The highest BCUT2D eigenvalue weighted by Crippen LogP contribution is 2.08. The molecule has 0 aliphatic carbocycles. The Morgan fingerprint density at radius 1 is 1.47 bits per heavy atom. The molecule has 0 aliphatic heterocycles. The monoisotopic (exact) mass is 208 g/mol. The molecule has 0 amide bonds. The van der Waals surface area contributed by atoms with E-state index in [1.165, 1.54) is 5.56 Å². The smallest absolute Gasteiger partial charge is 0.0726 e. The zero-order chi connectivity index (χ0) is 11.1. The third kappa shape index (κ3) is 3.98. The second kappa shape index (κ2) is 6.53. The Morgan fingerprint density at radius 2 is 2.27 bits per heavy atom. The minimum absolute atomic E-state index is 0.0548. The number of rotatable bonds is 6. The maximum Gasteiger partial charge on any atom is 0.0726 e. The number of pyridine rings is 1. The van der Waals surface area contributed by atoms with Crippen molar-refractivity contribution in [2.24, 2.45) is 5.73 Å². The Labute approximate surface area is 91.7 Å². The lowest BCUT2D eigenvalue weighted by Gasteiger charge is -2.22. The van der Waals surface area contributed by atoms with Crippen LogP contribution in [0.4, 0.5) is 0 Å².